The van der Waals surface area contributed by atoms with E-state index in [2.05, 4.69) is 25.6 Å². The number of hydrogen-bond acceptors (Lipinski definition) is 2. The van der Waals surface area contributed by atoms with Gasteiger partial charge in [0.1, 0.15) is 0 Å². The smallest absolute Gasteiger partial charge is 0.0596 e. The molecule has 1 N–H and O–H groups in total. The highest BCUT2D eigenvalue weighted by molar-refractivity contribution is 8.07. The van der Waals surface area contributed by atoms with E-state index >= 15 is 0 Å². The summed E-state index contributed by atoms with van der Waals surface area (Å²) in [6, 6.07) is 0. The molecule has 0 bridgehead atoms. The molecule has 5 fully saturated rings. The second-order valence-electron chi connectivity index (χ2n) is 9.45. The van der Waals surface area contributed by atoms with Crippen molar-refractivity contribution in [2.75, 3.05) is 0 Å². The zero-order valence-corrected chi connectivity index (χ0v) is 14.4. The van der Waals surface area contributed by atoms with Gasteiger partial charge >= 0.3 is 0 Å². The van der Waals surface area contributed by atoms with Crippen LogP contribution in [0.4, 0.5) is 0 Å². The van der Waals surface area contributed by atoms with Crippen LogP contribution in [-0.2, 0) is 0 Å². The van der Waals surface area contributed by atoms with Crippen LogP contribution in [0.3, 0.4) is 0 Å². The molecular weight excluding hydrogens is 276 g/mol. The van der Waals surface area contributed by atoms with Crippen molar-refractivity contribution in [3.8, 4) is 0 Å². The number of aliphatic hydroxyl groups is 1. The SMILES string of the molecule is C[C@]12C[C@@H]3S[C@H]3C[C@@H]1CC[C@H]1[C@H]3CC[C@@H](O)[C@@]3(C)CC[C@@H]12. The lowest BCUT2D eigenvalue weighted by Gasteiger charge is -2.60. The Hall–Kier alpha value is 0.310. The molecule has 9 atom stereocenters. The van der Waals surface area contributed by atoms with Gasteiger partial charge in [0, 0.05) is 10.5 Å². The lowest BCUT2D eigenvalue weighted by Crippen LogP contribution is -2.54. The zero-order chi connectivity index (χ0) is 14.4. The van der Waals surface area contributed by atoms with Crippen molar-refractivity contribution >= 4 is 11.8 Å². The number of rotatable bonds is 0. The molecule has 118 valence electrons. The van der Waals surface area contributed by atoms with E-state index in [9.17, 15) is 5.11 Å². The van der Waals surface area contributed by atoms with Gasteiger partial charge in [-0.25, -0.2) is 0 Å². The van der Waals surface area contributed by atoms with Crippen LogP contribution < -0.4 is 0 Å². The molecule has 0 aromatic rings. The molecule has 4 aliphatic carbocycles. The van der Waals surface area contributed by atoms with Crippen LogP contribution >= 0.6 is 11.8 Å². The monoisotopic (exact) mass is 306 g/mol. The minimum atomic E-state index is -0.0105. The molecule has 5 aliphatic rings. The minimum absolute atomic E-state index is 0.0105. The summed E-state index contributed by atoms with van der Waals surface area (Å²) in [4.78, 5) is 0. The highest BCUT2D eigenvalue weighted by Gasteiger charge is 2.63. The van der Waals surface area contributed by atoms with Gasteiger partial charge in [0.25, 0.3) is 0 Å². The van der Waals surface area contributed by atoms with Gasteiger partial charge < -0.3 is 5.11 Å². The van der Waals surface area contributed by atoms with Crippen molar-refractivity contribution in [3.63, 3.8) is 0 Å². The van der Waals surface area contributed by atoms with E-state index in [0.29, 0.717) is 5.41 Å². The lowest BCUT2D eigenvalue weighted by atomic mass is 9.45. The van der Waals surface area contributed by atoms with Gasteiger partial charge in [-0.2, -0.15) is 11.8 Å². The van der Waals surface area contributed by atoms with Gasteiger partial charge in [-0.3, -0.25) is 0 Å². The molecule has 4 saturated carbocycles. The van der Waals surface area contributed by atoms with Crippen LogP contribution in [0, 0.1) is 34.5 Å². The molecule has 1 saturated heterocycles. The third-order valence-electron chi connectivity index (χ3n) is 8.86. The van der Waals surface area contributed by atoms with Crippen molar-refractivity contribution in [1.82, 2.24) is 0 Å². The summed E-state index contributed by atoms with van der Waals surface area (Å²) in [5.74, 6) is 3.75. The molecule has 1 nitrogen and oxygen atoms in total. The van der Waals surface area contributed by atoms with E-state index in [-0.39, 0.29) is 11.5 Å². The second kappa shape index (κ2) is 4.23. The van der Waals surface area contributed by atoms with Gasteiger partial charge in [0.05, 0.1) is 6.10 Å². The molecule has 0 aromatic heterocycles. The maximum atomic E-state index is 10.5. The molecule has 0 amide bonds. The van der Waals surface area contributed by atoms with E-state index in [1.165, 1.54) is 44.9 Å². The van der Waals surface area contributed by atoms with Crippen molar-refractivity contribution in [2.45, 2.75) is 81.8 Å². The molecule has 2 heteroatoms. The van der Waals surface area contributed by atoms with Crippen LogP contribution in [0.1, 0.15) is 65.2 Å². The number of hydrogen-bond donors (Lipinski definition) is 1. The molecule has 0 aromatic carbocycles. The Morgan fingerprint density at radius 2 is 1.71 bits per heavy atom. The standard InChI is InChI=1S/C19H30OS/c1-18-8-7-14-12(13(18)5-6-17(18)20)4-3-11-9-15-16(21-15)10-19(11,14)2/h11-17,20H,3-10H2,1-2H3/t11-,12-,13+,14-,15-,16-,17+,18-,19-/m0/s1. The van der Waals surface area contributed by atoms with E-state index in [0.717, 1.165) is 40.6 Å². The molecule has 1 heterocycles. The van der Waals surface area contributed by atoms with Crippen LogP contribution in [0.5, 0.6) is 0 Å². The molecular formula is C19H30OS. The van der Waals surface area contributed by atoms with Gasteiger partial charge in [-0.05, 0) is 85.9 Å². The zero-order valence-electron chi connectivity index (χ0n) is 13.6. The Balaban J connectivity index is 1.47. The topological polar surface area (TPSA) is 20.2 Å². The summed E-state index contributed by atoms with van der Waals surface area (Å²) in [7, 11) is 0. The first-order chi connectivity index (χ1) is 10.0. The fourth-order valence-electron chi connectivity index (χ4n) is 7.49. The molecule has 5 rings (SSSR count). The van der Waals surface area contributed by atoms with Crippen LogP contribution in [0.15, 0.2) is 0 Å². The van der Waals surface area contributed by atoms with Crippen molar-refractivity contribution in [3.05, 3.63) is 0 Å². The lowest BCUT2D eigenvalue weighted by molar-refractivity contribution is -0.116. The largest absolute Gasteiger partial charge is 0.393 e. The van der Waals surface area contributed by atoms with Crippen molar-refractivity contribution < 1.29 is 5.11 Å². The Morgan fingerprint density at radius 3 is 2.57 bits per heavy atom. The fourth-order valence-corrected chi connectivity index (χ4v) is 8.86. The molecule has 21 heavy (non-hydrogen) atoms. The summed E-state index contributed by atoms with van der Waals surface area (Å²) in [6.07, 6.45) is 11.1. The third-order valence-corrected chi connectivity index (χ3v) is 10.3. The summed E-state index contributed by atoms with van der Waals surface area (Å²) in [5, 5.41) is 12.6. The second-order valence-corrected chi connectivity index (χ2v) is 10.9. The number of thioether (sulfide) groups is 1. The average Bonchev–Trinajstić information content (AvgIpc) is 3.12. The molecule has 0 radical (unpaired) electrons. The van der Waals surface area contributed by atoms with E-state index in [4.69, 9.17) is 0 Å². The predicted molar refractivity (Wildman–Crippen MR) is 88.3 cm³/mol. The summed E-state index contributed by atoms with van der Waals surface area (Å²) < 4.78 is 0. The molecule has 1 aliphatic heterocycles. The van der Waals surface area contributed by atoms with Crippen LogP contribution in [0.25, 0.3) is 0 Å². The summed E-state index contributed by atoms with van der Waals surface area (Å²) in [5.41, 5.74) is 0.901. The van der Waals surface area contributed by atoms with Gasteiger partial charge in [0.15, 0.2) is 0 Å². The number of fused-ring (bicyclic) bond motifs is 6. The van der Waals surface area contributed by atoms with Crippen molar-refractivity contribution in [1.29, 1.82) is 0 Å². The Morgan fingerprint density at radius 1 is 0.905 bits per heavy atom. The number of aliphatic hydroxyl groups excluding tert-OH is 1. The first-order valence-electron chi connectivity index (χ1n) is 9.36. The maximum absolute atomic E-state index is 10.5. The minimum Gasteiger partial charge on any atom is -0.393 e. The van der Waals surface area contributed by atoms with E-state index < -0.39 is 0 Å². The third kappa shape index (κ3) is 1.70. The maximum Gasteiger partial charge on any atom is 0.0596 e. The van der Waals surface area contributed by atoms with E-state index in [1.807, 2.05) is 0 Å². The van der Waals surface area contributed by atoms with Crippen LogP contribution in [0.2, 0.25) is 0 Å². The Labute approximate surface area is 133 Å². The summed E-state index contributed by atoms with van der Waals surface area (Å²) >= 11 is 2.28. The highest BCUT2D eigenvalue weighted by atomic mass is 32.2. The van der Waals surface area contributed by atoms with Gasteiger partial charge in [-0.1, -0.05) is 13.8 Å². The van der Waals surface area contributed by atoms with Crippen molar-refractivity contribution in [2.24, 2.45) is 34.5 Å². The Bertz CT molecular complexity index is 464. The normalized spacial score (nSPS) is 65.0. The first kappa shape index (κ1) is 13.7. The predicted octanol–water partition coefficient (Wildman–Crippen LogP) is 4.48. The fraction of sp³-hybridized carbons (Fsp3) is 1.00. The first-order valence-corrected chi connectivity index (χ1v) is 10.3. The highest BCUT2D eigenvalue weighted by Crippen LogP contribution is 2.70. The molecule has 0 spiro atoms. The van der Waals surface area contributed by atoms with Gasteiger partial charge in [0.2, 0.25) is 0 Å². The average molecular weight is 307 g/mol. The summed E-state index contributed by atoms with van der Waals surface area (Å²) in [6.45, 7) is 5.07. The van der Waals surface area contributed by atoms with Gasteiger partial charge in [-0.15, -0.1) is 0 Å². The van der Waals surface area contributed by atoms with E-state index in [1.54, 1.807) is 0 Å². The quantitative estimate of drug-likeness (QED) is 0.666. The Kier molecular flexibility index (Phi) is 2.76. The van der Waals surface area contributed by atoms with Crippen LogP contribution in [-0.4, -0.2) is 21.7 Å². The molecule has 0 unspecified atom stereocenters.